The van der Waals surface area contributed by atoms with Gasteiger partial charge >= 0.3 is 7.12 Å². The largest absolute Gasteiger partial charge is 0.494 e. The highest BCUT2D eigenvalue weighted by atomic mass is 79.9. The van der Waals surface area contributed by atoms with E-state index < -0.39 is 14.3 Å². The van der Waals surface area contributed by atoms with Gasteiger partial charge in [0.05, 0.1) is 11.2 Å². The molecule has 1 aliphatic heterocycles. The Labute approximate surface area is 651 Å². The lowest BCUT2D eigenvalue weighted by molar-refractivity contribution is 0.00578. The molecular weight excluding hydrogens is 1450 g/mol. The molecule has 110 heavy (non-hydrogen) atoms. The van der Waals surface area contributed by atoms with Crippen molar-refractivity contribution in [1.29, 1.82) is 0 Å². The fourth-order valence-corrected chi connectivity index (χ4v) is 18.7. The minimum atomic E-state index is -3.02. The first-order valence-electron chi connectivity index (χ1n) is 36.5. The molecule has 16 aromatic rings. The van der Waals surface area contributed by atoms with Gasteiger partial charge in [0.25, 0.3) is 0 Å². The van der Waals surface area contributed by atoms with Crippen molar-refractivity contribution < 1.29 is 18.4 Å². The zero-order chi connectivity index (χ0) is 75.5. The molecule has 1 fully saturated rings. The Hall–Kier alpha value is -12.0. The van der Waals surface area contributed by atoms with Crippen molar-refractivity contribution in [3.05, 3.63) is 393 Å². The maximum absolute atomic E-state index is 14.8. The molecule has 10 nitrogen and oxygen atoms in total. The lowest BCUT2D eigenvalue weighted by Crippen LogP contribution is -2.41. The lowest BCUT2D eigenvalue weighted by atomic mass is 9.78. The molecule has 17 rings (SSSR count). The van der Waals surface area contributed by atoms with E-state index in [2.05, 4.69) is 129 Å². The van der Waals surface area contributed by atoms with Crippen molar-refractivity contribution >= 4 is 74.6 Å². The Balaban J connectivity index is 0.000000142. The summed E-state index contributed by atoms with van der Waals surface area (Å²) in [6.45, 7) is 8.28. The van der Waals surface area contributed by atoms with Crippen LogP contribution < -0.4 is 37.3 Å². The predicted molar refractivity (Wildman–Crippen MR) is 457 cm³/mol. The topological polar surface area (TPSA) is 130 Å². The molecule has 0 amide bonds. The number of hydrogen-bond donors (Lipinski definition) is 0. The zero-order valence-corrected chi connectivity index (χ0v) is 64.5. The van der Waals surface area contributed by atoms with Gasteiger partial charge in [0, 0.05) is 69.7 Å². The van der Waals surface area contributed by atoms with Crippen LogP contribution in [0.4, 0.5) is 0 Å². The van der Waals surface area contributed by atoms with Crippen molar-refractivity contribution in [2.24, 2.45) is 0 Å². The van der Waals surface area contributed by atoms with E-state index in [-0.39, 0.29) is 18.3 Å². The van der Waals surface area contributed by atoms with Gasteiger partial charge in [-0.25, -0.2) is 29.9 Å². The normalized spacial score (nSPS) is 12.9. The van der Waals surface area contributed by atoms with E-state index >= 15 is 0 Å². The summed E-state index contributed by atoms with van der Waals surface area (Å²) in [5.41, 5.74) is 12.4. The average Bonchev–Trinajstić information content (AvgIpc) is 0.816. The molecule has 0 unspecified atom stereocenters. The van der Waals surface area contributed by atoms with Gasteiger partial charge in [0.1, 0.15) is 0 Å². The highest BCUT2D eigenvalue weighted by Crippen LogP contribution is 2.45. The van der Waals surface area contributed by atoms with E-state index in [1.54, 1.807) is 0 Å². The fourth-order valence-electron chi connectivity index (χ4n) is 13.2. The molecule has 0 atom stereocenters. The third-order valence-corrected chi connectivity index (χ3v) is 26.5. The van der Waals surface area contributed by atoms with Crippen molar-refractivity contribution in [1.82, 2.24) is 29.9 Å². The van der Waals surface area contributed by atoms with Crippen LogP contribution in [-0.4, -0.2) is 48.2 Å². The van der Waals surface area contributed by atoms with Gasteiger partial charge in [-0.3, -0.25) is 0 Å². The van der Waals surface area contributed by atoms with Crippen LogP contribution in [0.15, 0.2) is 393 Å². The molecule has 0 aliphatic carbocycles. The number of rotatable bonds is 16. The number of benzene rings is 14. The van der Waals surface area contributed by atoms with Gasteiger partial charge in [-0.2, -0.15) is 0 Å². The van der Waals surface area contributed by atoms with Crippen molar-refractivity contribution in [2.45, 2.75) is 38.9 Å². The van der Waals surface area contributed by atoms with Crippen LogP contribution in [0.1, 0.15) is 27.7 Å². The second kappa shape index (κ2) is 32.9. The third-order valence-electron chi connectivity index (χ3n) is 19.9. The summed E-state index contributed by atoms with van der Waals surface area (Å²) in [6, 6.07) is 128. The van der Waals surface area contributed by atoms with E-state index in [1.165, 1.54) is 0 Å². The highest BCUT2D eigenvalue weighted by Gasteiger charge is 2.51. The van der Waals surface area contributed by atoms with Gasteiger partial charge < -0.3 is 18.4 Å². The molecule has 0 bridgehead atoms. The molecule has 0 N–H and O–H groups in total. The summed E-state index contributed by atoms with van der Waals surface area (Å²) in [4.78, 5) is 29.2. The van der Waals surface area contributed by atoms with Gasteiger partial charge in [-0.1, -0.05) is 368 Å². The number of hydrogen-bond acceptors (Lipinski definition) is 10. The molecule has 1 saturated heterocycles. The van der Waals surface area contributed by atoms with Crippen LogP contribution in [0.3, 0.4) is 0 Å². The van der Waals surface area contributed by atoms with Crippen LogP contribution in [0, 0.1) is 0 Å². The molecular formula is C96H76BBrN6O4P2. The number of aromatic nitrogens is 6. The van der Waals surface area contributed by atoms with Crippen LogP contribution in [-0.2, 0) is 18.4 Å². The third kappa shape index (κ3) is 16.2. The standard InChI is InChI=1S/C45H32N3OP.C33H30BN3O2.C18H14BrOP/c49-50(40-20-9-3-10-21-40,41-22-11-4-12-23-41)42-30-28-34(29-31-42)33-24-26-35(27-25-33)38-18-13-19-39(32-38)45-47-43(36-14-5-1-6-15-36)46-44(48-45)37-16-7-2-8-17-37;1-32(2)33(3,4)39-34(38-32)28-20-18-23(19-21-28)26-16-11-17-27(22-26)31-36-29(24-12-7-5-8-13-24)35-30(37-31)25-14-9-6-10-15-25;19-15-11-13-18(14-12-15)21(20,16-7-3-1-4-8-16)17-9-5-2-6-10-17/h1-32H;5-22H,1-4H3;1-14H. The zero-order valence-electron chi connectivity index (χ0n) is 61.1. The van der Waals surface area contributed by atoms with E-state index in [0.717, 1.165) is 109 Å². The second-order valence-corrected chi connectivity index (χ2v) is 34.1. The first-order chi connectivity index (χ1) is 53.6. The Morgan fingerprint density at radius 1 is 0.236 bits per heavy atom. The minimum Gasteiger partial charge on any atom is -0.399 e. The van der Waals surface area contributed by atoms with Gasteiger partial charge in [0.15, 0.2) is 49.2 Å². The van der Waals surface area contributed by atoms with Gasteiger partial charge in [-0.15, -0.1) is 0 Å². The van der Waals surface area contributed by atoms with Crippen molar-refractivity contribution in [3.63, 3.8) is 0 Å². The summed E-state index contributed by atoms with van der Waals surface area (Å²) >= 11 is 3.43. The van der Waals surface area contributed by atoms with E-state index in [1.807, 2.05) is 303 Å². The second-order valence-electron chi connectivity index (χ2n) is 27.6. The fraction of sp³-hybridized carbons (Fsp3) is 0.0625. The van der Waals surface area contributed by atoms with Crippen molar-refractivity contribution in [3.8, 4) is 102 Å². The minimum absolute atomic E-state index is 0.369. The van der Waals surface area contributed by atoms with Crippen LogP contribution >= 0.6 is 30.2 Å². The molecule has 534 valence electrons. The van der Waals surface area contributed by atoms with Crippen molar-refractivity contribution in [2.75, 3.05) is 0 Å². The molecule has 14 aromatic carbocycles. The smallest absolute Gasteiger partial charge is 0.399 e. The SMILES string of the molecule is CC1(C)OB(c2ccc(-c3cccc(-c4nc(-c5ccccc5)nc(-c5ccccc5)n4)c3)cc2)OC1(C)C.O=P(c1ccccc1)(c1ccccc1)c1ccc(-c2ccc(-c3cccc(-c4nc(-c5ccccc5)nc(-c5ccccc5)n4)c3)cc2)cc1.O=P(c1ccccc1)(c1ccccc1)c1ccc(Br)cc1. The molecule has 2 aromatic heterocycles. The Kier molecular flexibility index (Phi) is 22.0. The van der Waals surface area contributed by atoms with Crippen LogP contribution in [0.25, 0.3) is 102 Å². The maximum Gasteiger partial charge on any atom is 0.494 e. The van der Waals surface area contributed by atoms with Crippen LogP contribution in [0.2, 0.25) is 0 Å². The number of halogens is 1. The summed E-state index contributed by atoms with van der Waals surface area (Å²) in [5, 5.41) is 5.04. The summed E-state index contributed by atoms with van der Waals surface area (Å²) < 4.78 is 42.1. The molecule has 0 spiro atoms. The monoisotopic (exact) mass is 1530 g/mol. The molecule has 1 aliphatic rings. The Bertz CT molecular complexity index is 5670. The first-order valence-corrected chi connectivity index (χ1v) is 40.7. The summed E-state index contributed by atoms with van der Waals surface area (Å²) in [7, 11) is -6.22. The Morgan fingerprint density at radius 3 is 0.736 bits per heavy atom. The van der Waals surface area contributed by atoms with Crippen LogP contribution in [0.5, 0.6) is 0 Å². The molecule has 3 heterocycles. The predicted octanol–water partition coefficient (Wildman–Crippen LogP) is 20.8. The molecule has 0 radical (unpaired) electrons. The Morgan fingerprint density at radius 2 is 0.445 bits per heavy atom. The quantitative estimate of drug-likeness (QED) is 0.0681. The first kappa shape index (κ1) is 73.5. The lowest BCUT2D eigenvalue weighted by Gasteiger charge is -2.32. The summed E-state index contributed by atoms with van der Waals surface area (Å²) in [6.07, 6.45) is 0. The highest BCUT2D eigenvalue weighted by molar-refractivity contribution is 9.10. The van der Waals surface area contributed by atoms with E-state index in [0.29, 0.717) is 34.9 Å². The molecule has 0 saturated carbocycles. The average molecular weight is 1530 g/mol. The van der Waals surface area contributed by atoms with E-state index in [9.17, 15) is 9.13 Å². The molecule has 14 heteroatoms. The van der Waals surface area contributed by atoms with Gasteiger partial charge in [0.2, 0.25) is 0 Å². The van der Waals surface area contributed by atoms with E-state index in [4.69, 9.17) is 39.2 Å². The number of nitrogens with zero attached hydrogens (tertiary/aromatic N) is 6. The van der Waals surface area contributed by atoms with Gasteiger partial charge in [-0.05, 0) is 103 Å². The summed E-state index contributed by atoms with van der Waals surface area (Å²) in [5.74, 6) is 3.84. The maximum atomic E-state index is 14.8.